The van der Waals surface area contributed by atoms with Crippen LogP contribution in [-0.4, -0.2) is 5.11 Å². The Hall–Kier alpha value is -1.22. The molecule has 0 aliphatic carbocycles. The third-order valence-electron chi connectivity index (χ3n) is 1.56. The van der Waals surface area contributed by atoms with Gasteiger partial charge in [-0.25, -0.2) is 0 Å². The third kappa shape index (κ3) is 1.62. The van der Waals surface area contributed by atoms with Crippen LogP contribution >= 0.6 is 0 Å². The molecule has 0 radical (unpaired) electrons. The van der Waals surface area contributed by atoms with Crippen molar-refractivity contribution in [2.75, 3.05) is 11.5 Å². The monoisotopic (exact) mass is 152 g/mol. The number of hydrogen-bond donors (Lipinski definition) is 3. The molecule has 0 saturated heterocycles. The van der Waals surface area contributed by atoms with Crippen molar-refractivity contribution in [1.82, 2.24) is 0 Å². The third-order valence-corrected chi connectivity index (χ3v) is 1.56. The summed E-state index contributed by atoms with van der Waals surface area (Å²) in [5.41, 5.74) is 12.9. The molecule has 0 bridgehead atoms. The standard InChI is InChI=1S/C8H12N2O/c1-5(11)7-3-2-6(9)4-8(7)10/h2-5,11H,9-10H2,1H3/t5-/m1/s1. The Kier molecular flexibility index (Phi) is 2.01. The Morgan fingerprint density at radius 3 is 2.45 bits per heavy atom. The topological polar surface area (TPSA) is 72.3 Å². The molecular weight excluding hydrogens is 140 g/mol. The highest BCUT2D eigenvalue weighted by molar-refractivity contribution is 5.57. The van der Waals surface area contributed by atoms with E-state index in [1.165, 1.54) is 0 Å². The van der Waals surface area contributed by atoms with Crippen molar-refractivity contribution in [3.05, 3.63) is 23.8 Å². The molecule has 0 heterocycles. The quantitative estimate of drug-likeness (QED) is 0.523. The van der Waals surface area contributed by atoms with Gasteiger partial charge < -0.3 is 16.6 Å². The molecular formula is C8H12N2O. The second-order valence-electron chi connectivity index (χ2n) is 2.56. The molecule has 0 aromatic heterocycles. The van der Waals surface area contributed by atoms with Gasteiger partial charge in [-0.15, -0.1) is 0 Å². The molecule has 0 fully saturated rings. The van der Waals surface area contributed by atoms with Crippen LogP contribution in [0.2, 0.25) is 0 Å². The molecule has 11 heavy (non-hydrogen) atoms. The fourth-order valence-corrected chi connectivity index (χ4v) is 0.974. The van der Waals surface area contributed by atoms with Crippen molar-refractivity contribution in [1.29, 1.82) is 0 Å². The van der Waals surface area contributed by atoms with Gasteiger partial charge >= 0.3 is 0 Å². The number of benzene rings is 1. The number of nitrogens with two attached hydrogens (primary N) is 2. The van der Waals surface area contributed by atoms with Gasteiger partial charge in [0.05, 0.1) is 6.10 Å². The Morgan fingerprint density at radius 1 is 1.36 bits per heavy atom. The van der Waals surface area contributed by atoms with Gasteiger partial charge in [0.1, 0.15) is 0 Å². The van der Waals surface area contributed by atoms with Crippen molar-refractivity contribution >= 4 is 11.4 Å². The summed E-state index contributed by atoms with van der Waals surface area (Å²) >= 11 is 0. The van der Waals surface area contributed by atoms with Crippen molar-refractivity contribution in [2.45, 2.75) is 13.0 Å². The summed E-state index contributed by atoms with van der Waals surface area (Å²) in [6, 6.07) is 5.09. The molecule has 1 atom stereocenters. The zero-order valence-corrected chi connectivity index (χ0v) is 6.41. The van der Waals surface area contributed by atoms with Crippen LogP contribution in [0.5, 0.6) is 0 Å². The SMILES string of the molecule is C[C@@H](O)c1ccc(N)cc1N. The average molecular weight is 152 g/mol. The van der Waals surface area contributed by atoms with Crippen molar-refractivity contribution < 1.29 is 5.11 Å². The molecule has 3 nitrogen and oxygen atoms in total. The summed E-state index contributed by atoms with van der Waals surface area (Å²) in [4.78, 5) is 0. The van der Waals surface area contributed by atoms with E-state index in [4.69, 9.17) is 11.5 Å². The van der Waals surface area contributed by atoms with Crippen LogP contribution in [0.15, 0.2) is 18.2 Å². The summed E-state index contributed by atoms with van der Waals surface area (Å²) in [5, 5.41) is 9.17. The molecule has 1 aromatic carbocycles. The van der Waals surface area contributed by atoms with Crippen molar-refractivity contribution in [3.63, 3.8) is 0 Å². The average Bonchev–Trinajstić information content (AvgIpc) is 1.85. The molecule has 3 heteroatoms. The minimum atomic E-state index is -0.532. The summed E-state index contributed by atoms with van der Waals surface area (Å²) in [6.45, 7) is 1.67. The maximum absolute atomic E-state index is 9.17. The number of aliphatic hydroxyl groups excluding tert-OH is 1. The zero-order valence-electron chi connectivity index (χ0n) is 6.41. The van der Waals surface area contributed by atoms with Crippen LogP contribution in [0.4, 0.5) is 11.4 Å². The number of rotatable bonds is 1. The molecule has 1 rings (SSSR count). The van der Waals surface area contributed by atoms with Gasteiger partial charge in [0, 0.05) is 16.9 Å². The van der Waals surface area contributed by atoms with E-state index in [9.17, 15) is 5.11 Å². The lowest BCUT2D eigenvalue weighted by Gasteiger charge is -2.08. The molecule has 0 aliphatic heterocycles. The molecule has 0 amide bonds. The van der Waals surface area contributed by atoms with E-state index in [-0.39, 0.29) is 0 Å². The van der Waals surface area contributed by atoms with Crippen LogP contribution < -0.4 is 11.5 Å². The fraction of sp³-hybridized carbons (Fsp3) is 0.250. The highest BCUT2D eigenvalue weighted by Gasteiger charge is 2.04. The van der Waals surface area contributed by atoms with Gasteiger partial charge in [-0.05, 0) is 19.1 Å². The van der Waals surface area contributed by atoms with Crippen LogP contribution in [0.3, 0.4) is 0 Å². The molecule has 60 valence electrons. The Labute approximate surface area is 65.6 Å². The summed E-state index contributed by atoms with van der Waals surface area (Å²) in [7, 11) is 0. The Morgan fingerprint density at radius 2 is 2.00 bits per heavy atom. The second-order valence-corrected chi connectivity index (χ2v) is 2.56. The Balaban J connectivity index is 3.09. The first kappa shape index (κ1) is 7.88. The minimum Gasteiger partial charge on any atom is -0.399 e. The van der Waals surface area contributed by atoms with Gasteiger partial charge in [0.2, 0.25) is 0 Å². The van der Waals surface area contributed by atoms with Crippen molar-refractivity contribution in [3.8, 4) is 0 Å². The first-order chi connectivity index (χ1) is 5.11. The second kappa shape index (κ2) is 2.80. The van der Waals surface area contributed by atoms with Gasteiger partial charge in [-0.1, -0.05) is 6.07 Å². The van der Waals surface area contributed by atoms with Crippen molar-refractivity contribution in [2.24, 2.45) is 0 Å². The zero-order chi connectivity index (χ0) is 8.43. The molecule has 0 aliphatic rings. The largest absolute Gasteiger partial charge is 0.399 e. The summed E-state index contributed by atoms with van der Waals surface area (Å²) in [5.74, 6) is 0. The van der Waals surface area contributed by atoms with Crippen LogP contribution in [0.1, 0.15) is 18.6 Å². The Bertz CT molecular complexity index is 258. The van der Waals surface area contributed by atoms with E-state index in [1.54, 1.807) is 25.1 Å². The highest BCUT2D eigenvalue weighted by atomic mass is 16.3. The molecule has 0 saturated carbocycles. The summed E-state index contributed by atoms with van der Waals surface area (Å²) < 4.78 is 0. The first-order valence-electron chi connectivity index (χ1n) is 3.44. The molecule has 1 aromatic rings. The van der Waals surface area contributed by atoms with E-state index in [2.05, 4.69) is 0 Å². The van der Waals surface area contributed by atoms with Crippen LogP contribution in [0.25, 0.3) is 0 Å². The van der Waals surface area contributed by atoms with E-state index >= 15 is 0 Å². The predicted molar refractivity (Wildman–Crippen MR) is 45.9 cm³/mol. The normalized spacial score (nSPS) is 12.9. The lowest BCUT2D eigenvalue weighted by atomic mass is 10.1. The van der Waals surface area contributed by atoms with Gasteiger partial charge in [0.15, 0.2) is 0 Å². The molecule has 0 spiro atoms. The van der Waals surface area contributed by atoms with E-state index in [0.717, 1.165) is 5.56 Å². The number of anilines is 2. The number of aliphatic hydroxyl groups is 1. The minimum absolute atomic E-state index is 0.532. The summed E-state index contributed by atoms with van der Waals surface area (Å²) in [6.07, 6.45) is -0.532. The van der Waals surface area contributed by atoms with E-state index in [0.29, 0.717) is 11.4 Å². The molecule has 5 N–H and O–H groups in total. The molecule has 0 unspecified atom stereocenters. The lowest BCUT2D eigenvalue weighted by Crippen LogP contribution is -1.99. The smallest absolute Gasteiger partial charge is 0.0781 e. The fourth-order valence-electron chi connectivity index (χ4n) is 0.974. The predicted octanol–water partition coefficient (Wildman–Crippen LogP) is 0.904. The maximum atomic E-state index is 9.17. The van der Waals surface area contributed by atoms with Gasteiger partial charge in [0.25, 0.3) is 0 Å². The van der Waals surface area contributed by atoms with Crippen LogP contribution in [-0.2, 0) is 0 Å². The maximum Gasteiger partial charge on any atom is 0.0781 e. The van der Waals surface area contributed by atoms with Crippen LogP contribution in [0, 0.1) is 0 Å². The lowest BCUT2D eigenvalue weighted by molar-refractivity contribution is 0.200. The number of nitrogen functional groups attached to an aromatic ring is 2. The number of hydrogen-bond acceptors (Lipinski definition) is 3. The van der Waals surface area contributed by atoms with E-state index in [1.807, 2.05) is 0 Å². The van der Waals surface area contributed by atoms with E-state index < -0.39 is 6.10 Å². The highest BCUT2D eigenvalue weighted by Crippen LogP contribution is 2.21. The first-order valence-corrected chi connectivity index (χ1v) is 3.44. The van der Waals surface area contributed by atoms with Gasteiger partial charge in [-0.3, -0.25) is 0 Å². The van der Waals surface area contributed by atoms with Gasteiger partial charge in [-0.2, -0.15) is 0 Å².